The van der Waals surface area contributed by atoms with Crippen LogP contribution in [-0.2, 0) is 9.59 Å². The van der Waals surface area contributed by atoms with Gasteiger partial charge in [-0.3, -0.25) is 19.4 Å². The van der Waals surface area contributed by atoms with Crippen LogP contribution in [0.5, 0.6) is 5.75 Å². The minimum Gasteiger partial charge on any atom is -0.406 e. The van der Waals surface area contributed by atoms with Crippen LogP contribution >= 0.6 is 0 Å². The molecule has 0 bridgehead atoms. The van der Waals surface area contributed by atoms with Gasteiger partial charge in [0.05, 0.1) is 6.04 Å². The molecule has 10 heteroatoms. The third-order valence-electron chi connectivity index (χ3n) is 5.38. The van der Waals surface area contributed by atoms with Gasteiger partial charge >= 0.3 is 6.36 Å². The highest BCUT2D eigenvalue weighted by Gasteiger charge is 2.32. The SMILES string of the molecule is C[C@H](C(=O)Nc1ccc(OC(F)(F)F)cc1)N1CCN([C@H](C(N)=O)c2ccccc2)CC1. The van der Waals surface area contributed by atoms with Crippen molar-refractivity contribution < 1.29 is 27.5 Å². The second-order valence-corrected chi connectivity index (χ2v) is 7.52. The summed E-state index contributed by atoms with van der Waals surface area (Å²) in [6.07, 6.45) is -4.77. The molecule has 0 unspecified atom stereocenters. The van der Waals surface area contributed by atoms with E-state index < -0.39 is 24.4 Å². The molecule has 1 aliphatic rings. The van der Waals surface area contributed by atoms with Crippen LogP contribution in [0.15, 0.2) is 54.6 Å². The fraction of sp³-hybridized carbons (Fsp3) is 0.364. The number of ether oxygens (including phenoxy) is 1. The first-order valence-corrected chi connectivity index (χ1v) is 10.1. The van der Waals surface area contributed by atoms with Crippen molar-refractivity contribution in [2.45, 2.75) is 25.4 Å². The number of primary amides is 1. The number of nitrogens with one attached hydrogen (secondary N) is 1. The third-order valence-corrected chi connectivity index (χ3v) is 5.38. The molecule has 0 spiro atoms. The van der Waals surface area contributed by atoms with Gasteiger partial charge in [0.2, 0.25) is 11.8 Å². The van der Waals surface area contributed by atoms with Crippen LogP contribution in [0.3, 0.4) is 0 Å². The normalized spacial score (nSPS) is 17.4. The molecule has 0 aromatic heterocycles. The molecule has 7 nitrogen and oxygen atoms in total. The lowest BCUT2D eigenvalue weighted by atomic mass is 10.0. The summed E-state index contributed by atoms with van der Waals surface area (Å²) in [5, 5.41) is 2.70. The van der Waals surface area contributed by atoms with Gasteiger partial charge in [-0.25, -0.2) is 0 Å². The molecule has 1 saturated heterocycles. The molecule has 0 saturated carbocycles. The van der Waals surface area contributed by atoms with Gasteiger partial charge in [0, 0.05) is 31.9 Å². The highest BCUT2D eigenvalue weighted by molar-refractivity contribution is 5.94. The van der Waals surface area contributed by atoms with E-state index >= 15 is 0 Å². The highest BCUT2D eigenvalue weighted by atomic mass is 19.4. The van der Waals surface area contributed by atoms with Crippen molar-refractivity contribution in [2.24, 2.45) is 5.73 Å². The number of amides is 2. The summed E-state index contributed by atoms with van der Waals surface area (Å²) in [5.74, 6) is -1.06. The fourth-order valence-corrected chi connectivity index (χ4v) is 3.73. The number of nitrogens with two attached hydrogens (primary N) is 1. The average molecular weight is 450 g/mol. The molecule has 3 rings (SSSR count). The summed E-state index contributed by atoms with van der Waals surface area (Å²) >= 11 is 0. The Labute approximate surface area is 183 Å². The standard InChI is InChI=1S/C22H25F3N4O3/c1-15(21(31)27-17-7-9-18(10-8-17)32-22(23,24)25)28-11-13-29(14-12-28)19(20(26)30)16-5-3-2-4-6-16/h2-10,15,19H,11-14H2,1H3,(H2,26,30)(H,27,31)/t15-,19+/m1/s1. The van der Waals surface area contributed by atoms with Gasteiger partial charge in [-0.1, -0.05) is 30.3 Å². The van der Waals surface area contributed by atoms with Crippen LogP contribution in [0.4, 0.5) is 18.9 Å². The Bertz CT molecular complexity index is 914. The molecule has 2 atom stereocenters. The number of piperazine rings is 1. The molecular formula is C22H25F3N4O3. The number of nitrogens with zero attached hydrogens (tertiary/aromatic N) is 2. The molecule has 172 valence electrons. The van der Waals surface area contributed by atoms with Gasteiger partial charge in [-0.15, -0.1) is 13.2 Å². The van der Waals surface area contributed by atoms with Crippen LogP contribution < -0.4 is 15.8 Å². The van der Waals surface area contributed by atoms with E-state index in [0.717, 1.165) is 17.7 Å². The zero-order chi connectivity index (χ0) is 23.3. The molecule has 2 amide bonds. The van der Waals surface area contributed by atoms with E-state index in [1.807, 2.05) is 40.1 Å². The highest BCUT2D eigenvalue weighted by Crippen LogP contribution is 2.25. The average Bonchev–Trinajstić information content (AvgIpc) is 2.75. The van der Waals surface area contributed by atoms with E-state index in [-0.39, 0.29) is 11.7 Å². The molecule has 3 N–H and O–H groups in total. The first kappa shape index (κ1) is 23.6. The van der Waals surface area contributed by atoms with E-state index in [2.05, 4.69) is 10.1 Å². The topological polar surface area (TPSA) is 87.9 Å². The Balaban J connectivity index is 1.55. The predicted octanol–water partition coefficient (Wildman–Crippen LogP) is 2.76. The first-order chi connectivity index (χ1) is 15.1. The summed E-state index contributed by atoms with van der Waals surface area (Å²) in [4.78, 5) is 28.7. The third kappa shape index (κ3) is 6.21. The number of hydrogen-bond donors (Lipinski definition) is 2. The Morgan fingerprint density at radius 3 is 2.06 bits per heavy atom. The maximum atomic E-state index is 12.6. The largest absolute Gasteiger partial charge is 0.573 e. The molecule has 1 fully saturated rings. The molecule has 0 radical (unpaired) electrons. The van der Waals surface area contributed by atoms with Crippen molar-refractivity contribution in [3.8, 4) is 5.75 Å². The minimum atomic E-state index is -4.77. The predicted molar refractivity (Wildman–Crippen MR) is 113 cm³/mol. The monoisotopic (exact) mass is 450 g/mol. The van der Waals surface area contributed by atoms with Crippen LogP contribution in [0.2, 0.25) is 0 Å². The number of benzene rings is 2. The van der Waals surface area contributed by atoms with Gasteiger partial charge in [0.1, 0.15) is 11.8 Å². The van der Waals surface area contributed by atoms with Crippen LogP contribution in [0, 0.1) is 0 Å². The molecule has 32 heavy (non-hydrogen) atoms. The maximum absolute atomic E-state index is 12.6. The summed E-state index contributed by atoms with van der Waals surface area (Å²) in [5.41, 5.74) is 6.84. The van der Waals surface area contributed by atoms with Gasteiger partial charge in [-0.2, -0.15) is 0 Å². The Morgan fingerprint density at radius 1 is 0.969 bits per heavy atom. The Morgan fingerprint density at radius 2 is 1.53 bits per heavy atom. The number of carbonyl (C=O) groups is 2. The molecule has 0 aliphatic carbocycles. The quantitative estimate of drug-likeness (QED) is 0.678. The zero-order valence-electron chi connectivity index (χ0n) is 17.5. The number of rotatable bonds is 7. The van der Waals surface area contributed by atoms with Crippen molar-refractivity contribution in [3.63, 3.8) is 0 Å². The summed E-state index contributed by atoms with van der Waals surface area (Å²) < 4.78 is 40.6. The zero-order valence-corrected chi connectivity index (χ0v) is 17.5. The van der Waals surface area contributed by atoms with Crippen LogP contribution in [-0.4, -0.2) is 60.2 Å². The van der Waals surface area contributed by atoms with Crippen molar-refractivity contribution in [1.82, 2.24) is 9.80 Å². The van der Waals surface area contributed by atoms with Gasteiger partial charge in [-0.05, 0) is 36.8 Å². The number of anilines is 1. The van der Waals surface area contributed by atoms with Crippen LogP contribution in [0.1, 0.15) is 18.5 Å². The van der Waals surface area contributed by atoms with Crippen LogP contribution in [0.25, 0.3) is 0 Å². The first-order valence-electron chi connectivity index (χ1n) is 10.1. The number of alkyl halides is 3. The molecule has 2 aromatic carbocycles. The van der Waals surface area contributed by atoms with Crippen molar-refractivity contribution in [2.75, 3.05) is 31.5 Å². The Kier molecular flexibility index (Phi) is 7.37. The van der Waals surface area contributed by atoms with Gasteiger partial charge in [0.15, 0.2) is 0 Å². The lowest BCUT2D eigenvalue weighted by Crippen LogP contribution is -2.54. The second kappa shape index (κ2) is 10.0. The second-order valence-electron chi connectivity index (χ2n) is 7.52. The molecular weight excluding hydrogens is 425 g/mol. The Hall–Kier alpha value is -3.11. The van der Waals surface area contributed by atoms with E-state index in [4.69, 9.17) is 5.73 Å². The molecule has 2 aromatic rings. The van der Waals surface area contributed by atoms with Crippen molar-refractivity contribution >= 4 is 17.5 Å². The fourth-order valence-electron chi connectivity index (χ4n) is 3.73. The van der Waals surface area contributed by atoms with Crippen molar-refractivity contribution in [3.05, 3.63) is 60.2 Å². The lowest BCUT2D eigenvalue weighted by Gasteiger charge is -2.40. The van der Waals surface area contributed by atoms with E-state index in [9.17, 15) is 22.8 Å². The summed E-state index contributed by atoms with van der Waals surface area (Å²) in [6.45, 7) is 4.00. The minimum absolute atomic E-state index is 0.280. The maximum Gasteiger partial charge on any atom is 0.573 e. The number of carbonyl (C=O) groups excluding carboxylic acids is 2. The molecule has 1 heterocycles. The van der Waals surface area contributed by atoms with E-state index in [1.54, 1.807) is 6.92 Å². The van der Waals surface area contributed by atoms with Gasteiger partial charge in [0.25, 0.3) is 0 Å². The number of halogens is 3. The van der Waals surface area contributed by atoms with E-state index in [0.29, 0.717) is 31.9 Å². The summed E-state index contributed by atoms with van der Waals surface area (Å²) in [6, 6.07) is 13.3. The molecule has 1 aliphatic heterocycles. The smallest absolute Gasteiger partial charge is 0.406 e. The van der Waals surface area contributed by atoms with Crippen molar-refractivity contribution in [1.29, 1.82) is 0 Å². The summed E-state index contributed by atoms with van der Waals surface area (Å²) in [7, 11) is 0. The number of hydrogen-bond acceptors (Lipinski definition) is 5. The lowest BCUT2D eigenvalue weighted by molar-refractivity contribution is -0.274. The van der Waals surface area contributed by atoms with E-state index in [1.165, 1.54) is 12.1 Å². The van der Waals surface area contributed by atoms with Gasteiger partial charge < -0.3 is 15.8 Å².